The van der Waals surface area contributed by atoms with Crippen LogP contribution < -0.4 is 0 Å². The molecule has 4 fully saturated rings. The number of rotatable bonds is 6. The van der Waals surface area contributed by atoms with Gasteiger partial charge in [-0.1, -0.05) is 12.2 Å². The largest absolute Gasteiger partial charge is 2.00 e. The Morgan fingerprint density at radius 2 is 0.742 bits per heavy atom. The van der Waals surface area contributed by atoms with E-state index in [1.54, 1.807) is 12.2 Å². The van der Waals surface area contributed by atoms with E-state index in [1.165, 1.54) is 12.2 Å². The van der Waals surface area contributed by atoms with Crippen molar-refractivity contribution in [3.05, 3.63) is 152 Å². The molecule has 0 atom stereocenters. The first-order chi connectivity index (χ1) is 14.2. The number of allylic oxidation sites excluding steroid dienone is 4. The zero-order valence-corrected chi connectivity index (χ0v) is 19.1. The van der Waals surface area contributed by atoms with Crippen LogP contribution in [0.1, 0.15) is 6.42 Å². The third kappa shape index (κ3) is 16.2. The van der Waals surface area contributed by atoms with Gasteiger partial charge in [0.25, 0.3) is 0 Å². The molecule has 0 heterocycles. The van der Waals surface area contributed by atoms with Crippen LogP contribution in [0.2, 0.25) is 0 Å². The minimum Gasteiger partial charge on any atom is -0.294 e. The molecule has 0 N–H and O–H groups in total. The molecule has 4 saturated carbocycles. The molecule has 0 unspecified atom stereocenters. The Hall–Kier alpha value is -0.141. The zero-order chi connectivity index (χ0) is 20.6. The second kappa shape index (κ2) is 20.5. The molecule has 4 aliphatic rings. The average Bonchev–Trinajstić information content (AvgIpc) is 3.56. The molecule has 0 bridgehead atoms. The first-order valence-electron chi connectivity index (χ1n) is 9.42. The van der Waals surface area contributed by atoms with Gasteiger partial charge in [-0.2, -0.15) is 0 Å². The fourth-order valence-corrected chi connectivity index (χ4v) is 2.31. The van der Waals surface area contributed by atoms with E-state index < -0.39 is 0 Å². The van der Waals surface area contributed by atoms with Crippen LogP contribution in [0, 0.1) is 127 Å². The number of carbonyl (C=O) groups is 2. The third-order valence-electron chi connectivity index (χ3n) is 3.76. The summed E-state index contributed by atoms with van der Waals surface area (Å²) in [4.78, 5) is 23.1. The molecule has 4 heteroatoms. The Morgan fingerprint density at radius 3 is 1.00 bits per heavy atom. The quantitative estimate of drug-likeness (QED) is 0.312. The predicted octanol–water partition coefficient (Wildman–Crippen LogP) is 4.48. The molecule has 31 heavy (non-hydrogen) atoms. The van der Waals surface area contributed by atoms with E-state index in [9.17, 15) is 9.59 Å². The van der Waals surface area contributed by atoms with Crippen molar-refractivity contribution in [1.82, 2.24) is 0 Å². The minimum atomic E-state index is -0.182. The van der Waals surface area contributed by atoms with E-state index in [1.807, 2.05) is 116 Å². The molecule has 0 saturated heterocycles. The Balaban J connectivity index is 0.000000615. The molecule has 156 valence electrons. The summed E-state index contributed by atoms with van der Waals surface area (Å²) < 4.78 is 0. The Labute approximate surface area is 212 Å². The van der Waals surface area contributed by atoms with Gasteiger partial charge in [-0.05, 0) is 128 Å². The second-order valence-electron chi connectivity index (χ2n) is 6.14. The van der Waals surface area contributed by atoms with E-state index in [2.05, 4.69) is 0 Å². The zero-order valence-electron chi connectivity index (χ0n) is 16.9. The monoisotopic (exact) mass is 492 g/mol. The standard InChI is InChI=1S/C17H14O2.2C5H5.2Fe/c18-16(11-9-14-5-1-2-6-14)13-17(19)12-10-15-7-3-4-8-15;2*1-2-4-5-3-1;;/h1-12H,13H2;2*1-5H;;/q;;;2*+2/b11-9+,12-10+;;;;. The van der Waals surface area contributed by atoms with Crippen molar-refractivity contribution in [1.29, 1.82) is 0 Å². The predicted molar refractivity (Wildman–Crippen MR) is 117 cm³/mol. The Kier molecular flexibility index (Phi) is 20.4. The smallest absolute Gasteiger partial charge is 0.294 e. The third-order valence-corrected chi connectivity index (χ3v) is 3.76. The number of carbonyl (C=O) groups excluding carboxylic acids is 2. The van der Waals surface area contributed by atoms with Crippen LogP contribution in [0.4, 0.5) is 0 Å². The Morgan fingerprint density at radius 1 is 0.484 bits per heavy atom. The van der Waals surface area contributed by atoms with Gasteiger partial charge < -0.3 is 0 Å². The molecule has 0 aromatic rings. The summed E-state index contributed by atoms with van der Waals surface area (Å²) >= 11 is 0. The number of ketones is 2. The maximum absolute atomic E-state index is 11.6. The summed E-state index contributed by atoms with van der Waals surface area (Å²) in [6, 6.07) is 0. The number of hydrogen-bond acceptors (Lipinski definition) is 2. The average molecular weight is 492 g/mol. The topological polar surface area (TPSA) is 34.1 Å². The van der Waals surface area contributed by atoms with Gasteiger partial charge in [-0.25, -0.2) is 0 Å². The van der Waals surface area contributed by atoms with E-state index in [0.29, 0.717) is 0 Å². The summed E-state index contributed by atoms with van der Waals surface area (Å²) in [5, 5.41) is 0. The molecule has 4 aliphatic carbocycles. The molecule has 0 aliphatic heterocycles. The van der Waals surface area contributed by atoms with Crippen LogP contribution in [0.25, 0.3) is 0 Å². The molecule has 2 nitrogen and oxygen atoms in total. The van der Waals surface area contributed by atoms with Crippen molar-refractivity contribution < 1.29 is 43.7 Å². The summed E-state index contributed by atoms with van der Waals surface area (Å²) in [5.41, 5.74) is 0. The molecule has 4 rings (SSSR count). The van der Waals surface area contributed by atoms with Gasteiger partial charge >= 0.3 is 34.1 Å². The summed E-state index contributed by atoms with van der Waals surface area (Å²) in [5.74, 6) is 1.57. The molecular formula is C27H24Fe2O2+4. The fraction of sp³-hybridized carbons (Fsp3) is 0.0370. The molecule has 0 spiro atoms. The van der Waals surface area contributed by atoms with Crippen molar-refractivity contribution in [3.63, 3.8) is 0 Å². The minimum absolute atomic E-state index is 0. The van der Waals surface area contributed by atoms with E-state index in [4.69, 9.17) is 0 Å². The van der Waals surface area contributed by atoms with Crippen LogP contribution in [0.15, 0.2) is 24.3 Å². The van der Waals surface area contributed by atoms with E-state index in [-0.39, 0.29) is 52.1 Å². The molecule has 0 aromatic heterocycles. The summed E-state index contributed by atoms with van der Waals surface area (Å²) in [7, 11) is 0. The maximum Gasteiger partial charge on any atom is 2.00 e. The first kappa shape index (κ1) is 30.9. The van der Waals surface area contributed by atoms with Crippen LogP contribution in [0.5, 0.6) is 0 Å². The SMILES string of the molecule is O=C(/C=C/[C]1[CH][CH][CH][CH]1)CC(=O)/C=C/[C]1[CH][CH][CH][CH]1.[CH]1[CH][CH][CH][CH]1.[CH]1[CH][CH][CH][CH]1.[Fe+2].[Fe+2]. The van der Waals surface area contributed by atoms with E-state index in [0.717, 1.165) is 11.8 Å². The van der Waals surface area contributed by atoms with Crippen LogP contribution in [-0.4, -0.2) is 11.6 Å². The van der Waals surface area contributed by atoms with Crippen molar-refractivity contribution in [2.24, 2.45) is 0 Å². The summed E-state index contributed by atoms with van der Waals surface area (Å²) in [6.07, 6.45) is 41.5. The van der Waals surface area contributed by atoms with Crippen LogP contribution >= 0.6 is 0 Å². The fourth-order valence-electron chi connectivity index (χ4n) is 2.31. The molecule has 20 radical (unpaired) electrons. The number of hydrogen-bond donors (Lipinski definition) is 0. The van der Waals surface area contributed by atoms with E-state index >= 15 is 0 Å². The van der Waals surface area contributed by atoms with Gasteiger partial charge in [-0.15, -0.1) is 0 Å². The van der Waals surface area contributed by atoms with Gasteiger partial charge in [0, 0.05) is 11.8 Å². The maximum atomic E-state index is 11.6. The van der Waals surface area contributed by atoms with Gasteiger partial charge in [-0.3, -0.25) is 9.59 Å². The van der Waals surface area contributed by atoms with Crippen molar-refractivity contribution in [2.75, 3.05) is 0 Å². The van der Waals surface area contributed by atoms with Crippen molar-refractivity contribution >= 4 is 11.6 Å². The normalized spacial score (nSPS) is 21.2. The second-order valence-corrected chi connectivity index (χ2v) is 6.14. The summed E-state index contributed by atoms with van der Waals surface area (Å²) in [6.45, 7) is 0. The Bertz CT molecular complexity index is 446. The molecule has 0 aromatic carbocycles. The van der Waals surface area contributed by atoms with Gasteiger partial charge in [0.15, 0.2) is 11.6 Å². The first-order valence-corrected chi connectivity index (χ1v) is 9.42. The van der Waals surface area contributed by atoms with Crippen LogP contribution in [-0.2, 0) is 43.7 Å². The van der Waals surface area contributed by atoms with Crippen LogP contribution in [0.3, 0.4) is 0 Å². The van der Waals surface area contributed by atoms with Gasteiger partial charge in [0.2, 0.25) is 0 Å². The molecule has 0 amide bonds. The van der Waals surface area contributed by atoms with Gasteiger partial charge in [0.1, 0.15) is 0 Å². The molecular weight excluding hydrogens is 468 g/mol. The van der Waals surface area contributed by atoms with Crippen molar-refractivity contribution in [3.8, 4) is 0 Å². The van der Waals surface area contributed by atoms with Gasteiger partial charge in [0.05, 0.1) is 6.42 Å². The van der Waals surface area contributed by atoms with Crippen molar-refractivity contribution in [2.45, 2.75) is 6.42 Å².